The van der Waals surface area contributed by atoms with E-state index in [9.17, 15) is 18.5 Å². The molecule has 0 heterocycles. The average Bonchev–Trinajstić information content (AvgIpc) is 2.53. The summed E-state index contributed by atoms with van der Waals surface area (Å²) in [6.07, 6.45) is 9.40. The quantitative estimate of drug-likeness (QED) is 0.245. The topological polar surface area (TPSA) is 95.7 Å². The van der Waals surface area contributed by atoms with Gasteiger partial charge in [-0.05, 0) is 44.2 Å². The van der Waals surface area contributed by atoms with E-state index >= 15 is 0 Å². The summed E-state index contributed by atoms with van der Waals surface area (Å²) in [6.45, 7) is 0.117. The van der Waals surface area contributed by atoms with Crippen molar-refractivity contribution < 1.29 is 22.3 Å². The molecule has 8 heteroatoms. The van der Waals surface area contributed by atoms with E-state index in [0.29, 0.717) is 0 Å². The van der Waals surface area contributed by atoms with Gasteiger partial charge in [-0.3, -0.25) is 14.3 Å². The molecular weight excluding hydrogens is 334 g/mol. The fraction of sp³-hybridized carbons (Fsp3) is 0.500. The summed E-state index contributed by atoms with van der Waals surface area (Å²) >= 11 is 0. The normalized spacial score (nSPS) is 20.1. The number of nitrogens with zero attached hydrogens (tertiary/aromatic N) is 1. The van der Waals surface area contributed by atoms with Gasteiger partial charge in [-0.25, -0.2) is 0 Å². The molecule has 0 amide bonds. The highest BCUT2D eigenvalue weighted by molar-refractivity contribution is 7.86. The number of non-ortho nitro benzene ring substituents is 1. The SMILES string of the molecule is O=[N+]([O-])c1ccc(S(=O)(=O)OCCO[C@H]2CC/C=C\CCC2)cc1. The third kappa shape index (κ3) is 5.70. The van der Waals surface area contributed by atoms with Crippen LogP contribution in [0.4, 0.5) is 5.69 Å². The van der Waals surface area contributed by atoms with Crippen LogP contribution >= 0.6 is 0 Å². The van der Waals surface area contributed by atoms with Gasteiger partial charge in [0.2, 0.25) is 0 Å². The molecule has 0 unspecified atom stereocenters. The molecule has 0 radical (unpaired) electrons. The van der Waals surface area contributed by atoms with Gasteiger partial charge in [-0.15, -0.1) is 0 Å². The largest absolute Gasteiger partial charge is 0.376 e. The highest BCUT2D eigenvalue weighted by Gasteiger charge is 2.17. The molecule has 1 aliphatic carbocycles. The lowest BCUT2D eigenvalue weighted by Gasteiger charge is -2.18. The maximum Gasteiger partial charge on any atom is 0.297 e. The summed E-state index contributed by atoms with van der Waals surface area (Å²) in [7, 11) is -3.93. The molecule has 1 aromatic rings. The van der Waals surface area contributed by atoms with Gasteiger partial charge in [0.1, 0.15) is 0 Å². The summed E-state index contributed by atoms with van der Waals surface area (Å²) in [5.41, 5.74) is -0.171. The van der Waals surface area contributed by atoms with Crippen molar-refractivity contribution in [3.8, 4) is 0 Å². The van der Waals surface area contributed by atoms with Gasteiger partial charge in [0.25, 0.3) is 15.8 Å². The van der Waals surface area contributed by atoms with Gasteiger partial charge in [0, 0.05) is 12.1 Å². The van der Waals surface area contributed by atoms with Crippen LogP contribution in [0.25, 0.3) is 0 Å². The number of ether oxygens (including phenoxy) is 1. The Labute approximate surface area is 141 Å². The molecular formula is C16H21NO6S. The van der Waals surface area contributed by atoms with Gasteiger partial charge >= 0.3 is 0 Å². The van der Waals surface area contributed by atoms with Crippen molar-refractivity contribution in [2.75, 3.05) is 13.2 Å². The molecule has 1 atom stereocenters. The van der Waals surface area contributed by atoms with E-state index < -0.39 is 15.0 Å². The van der Waals surface area contributed by atoms with Crippen molar-refractivity contribution in [2.45, 2.75) is 43.1 Å². The van der Waals surface area contributed by atoms with E-state index in [2.05, 4.69) is 12.2 Å². The number of nitro groups is 1. The van der Waals surface area contributed by atoms with Crippen LogP contribution in [0.15, 0.2) is 41.3 Å². The molecule has 0 saturated carbocycles. The number of nitro benzene ring substituents is 1. The van der Waals surface area contributed by atoms with Crippen molar-refractivity contribution in [3.05, 3.63) is 46.5 Å². The highest BCUT2D eigenvalue weighted by atomic mass is 32.2. The molecule has 24 heavy (non-hydrogen) atoms. The molecule has 0 N–H and O–H groups in total. The van der Waals surface area contributed by atoms with Crippen LogP contribution in [0, 0.1) is 10.1 Å². The molecule has 0 fully saturated rings. The van der Waals surface area contributed by atoms with Crippen molar-refractivity contribution >= 4 is 15.8 Å². The summed E-state index contributed by atoms with van der Waals surface area (Å²) < 4.78 is 34.6. The standard InChI is InChI=1S/C16H21NO6S/c18-17(19)14-8-10-16(11-9-14)24(20,21)23-13-12-22-15-6-4-2-1-3-5-7-15/h1-2,8-11,15H,3-7,12-13H2/b2-1-/t15-/m0/s1. The smallest absolute Gasteiger partial charge is 0.297 e. The van der Waals surface area contributed by atoms with Crippen LogP contribution in [-0.2, 0) is 19.0 Å². The van der Waals surface area contributed by atoms with Gasteiger partial charge in [0.05, 0.1) is 29.1 Å². The maximum atomic E-state index is 12.0. The number of hydrogen-bond donors (Lipinski definition) is 0. The van der Waals surface area contributed by atoms with Crippen molar-refractivity contribution in [2.24, 2.45) is 0 Å². The fourth-order valence-corrected chi connectivity index (χ4v) is 3.35. The molecule has 1 aromatic carbocycles. The molecule has 0 aromatic heterocycles. The summed E-state index contributed by atoms with van der Waals surface area (Å²) in [6, 6.07) is 4.59. The molecule has 1 aliphatic rings. The van der Waals surface area contributed by atoms with Crippen LogP contribution in [0.5, 0.6) is 0 Å². The minimum Gasteiger partial charge on any atom is -0.376 e. The van der Waals surface area contributed by atoms with Crippen molar-refractivity contribution in [3.63, 3.8) is 0 Å². The van der Waals surface area contributed by atoms with E-state index in [1.165, 1.54) is 0 Å². The Bertz CT molecular complexity index is 668. The number of benzene rings is 1. The van der Waals surface area contributed by atoms with E-state index in [1.807, 2.05) is 0 Å². The van der Waals surface area contributed by atoms with Gasteiger partial charge in [-0.1, -0.05) is 12.2 Å². The zero-order chi connectivity index (χ0) is 17.4. The fourth-order valence-electron chi connectivity index (χ4n) is 2.45. The van der Waals surface area contributed by atoms with Crippen molar-refractivity contribution in [1.82, 2.24) is 0 Å². The summed E-state index contributed by atoms with van der Waals surface area (Å²) in [4.78, 5) is 9.88. The molecule has 0 spiro atoms. The Morgan fingerprint density at radius 2 is 1.79 bits per heavy atom. The Balaban J connectivity index is 1.79. The zero-order valence-electron chi connectivity index (χ0n) is 13.3. The second kappa shape index (κ2) is 8.91. The predicted molar refractivity (Wildman–Crippen MR) is 88.2 cm³/mol. The molecule has 2 rings (SSSR count). The van der Waals surface area contributed by atoms with Gasteiger partial charge in [-0.2, -0.15) is 8.42 Å². The summed E-state index contributed by atoms with van der Waals surface area (Å²) in [5, 5.41) is 10.6. The number of rotatable bonds is 7. The average molecular weight is 355 g/mol. The van der Waals surface area contributed by atoms with Gasteiger partial charge in [0.15, 0.2) is 0 Å². The number of allylic oxidation sites excluding steroid dienone is 2. The Morgan fingerprint density at radius 1 is 1.08 bits per heavy atom. The number of hydrogen-bond acceptors (Lipinski definition) is 6. The van der Waals surface area contributed by atoms with Crippen LogP contribution in [0.1, 0.15) is 32.1 Å². The van der Waals surface area contributed by atoms with Crippen LogP contribution in [0.3, 0.4) is 0 Å². The Kier molecular flexibility index (Phi) is 6.89. The zero-order valence-corrected chi connectivity index (χ0v) is 14.1. The first-order chi connectivity index (χ1) is 11.5. The second-order valence-corrected chi connectivity index (χ2v) is 7.11. The highest BCUT2D eigenvalue weighted by Crippen LogP contribution is 2.18. The predicted octanol–water partition coefficient (Wildman–Crippen LogP) is 3.21. The van der Waals surface area contributed by atoms with E-state index in [1.54, 1.807) is 0 Å². The minimum absolute atomic E-state index is 0.0777. The first-order valence-corrected chi connectivity index (χ1v) is 9.30. The monoisotopic (exact) mass is 355 g/mol. The molecule has 132 valence electrons. The third-order valence-electron chi connectivity index (χ3n) is 3.73. The van der Waals surface area contributed by atoms with Crippen LogP contribution in [0.2, 0.25) is 0 Å². The van der Waals surface area contributed by atoms with Crippen LogP contribution < -0.4 is 0 Å². The molecule has 0 saturated heterocycles. The first kappa shape index (κ1) is 18.6. The molecule has 0 aliphatic heterocycles. The van der Waals surface area contributed by atoms with Crippen molar-refractivity contribution in [1.29, 1.82) is 0 Å². The lowest BCUT2D eigenvalue weighted by atomic mass is 10.0. The van der Waals surface area contributed by atoms with E-state index in [-0.39, 0.29) is 29.9 Å². The Morgan fingerprint density at radius 3 is 2.50 bits per heavy atom. The third-order valence-corrected chi connectivity index (χ3v) is 5.06. The minimum atomic E-state index is -3.93. The maximum absolute atomic E-state index is 12.0. The van der Waals surface area contributed by atoms with Crippen LogP contribution in [-0.4, -0.2) is 32.7 Å². The summed E-state index contributed by atoms with van der Waals surface area (Å²) in [5.74, 6) is 0. The molecule has 0 bridgehead atoms. The first-order valence-electron chi connectivity index (χ1n) is 7.89. The lowest BCUT2D eigenvalue weighted by molar-refractivity contribution is -0.384. The Hall–Kier alpha value is -1.77. The van der Waals surface area contributed by atoms with E-state index in [4.69, 9.17) is 8.92 Å². The lowest BCUT2D eigenvalue weighted by Crippen LogP contribution is -2.18. The van der Waals surface area contributed by atoms with Gasteiger partial charge < -0.3 is 4.74 Å². The molecule has 7 nitrogen and oxygen atoms in total. The van der Waals surface area contributed by atoms with E-state index in [0.717, 1.165) is 56.4 Å². The second-order valence-electron chi connectivity index (χ2n) is 5.50.